The quantitative estimate of drug-likeness (QED) is 0.117. The van der Waals surface area contributed by atoms with Crippen molar-refractivity contribution < 1.29 is 55.7 Å². The number of halogens is 6. The summed E-state index contributed by atoms with van der Waals surface area (Å²) in [5.74, 6) is -5.31. The van der Waals surface area contributed by atoms with Crippen molar-refractivity contribution in [2.75, 3.05) is 13.2 Å². The summed E-state index contributed by atoms with van der Waals surface area (Å²) in [6.45, 7) is 0.590. The van der Waals surface area contributed by atoms with E-state index in [1.165, 1.54) is 0 Å². The second kappa shape index (κ2) is 14.7. The molecule has 2 rings (SSSR count). The minimum atomic E-state index is -5.08. The van der Waals surface area contributed by atoms with Gasteiger partial charge in [-0.1, -0.05) is 24.3 Å². The molecule has 208 valence electrons. The van der Waals surface area contributed by atoms with Gasteiger partial charge in [0, 0.05) is 16.7 Å². The van der Waals surface area contributed by atoms with Crippen molar-refractivity contribution >= 4 is 29.5 Å². The molecule has 9 N–H and O–H groups in total. The van der Waals surface area contributed by atoms with Crippen molar-refractivity contribution in [1.82, 2.24) is 5.32 Å². The van der Waals surface area contributed by atoms with Crippen molar-refractivity contribution in [2.24, 2.45) is 11.5 Å². The van der Waals surface area contributed by atoms with E-state index in [0.717, 1.165) is 0 Å². The van der Waals surface area contributed by atoms with Crippen LogP contribution in [0.5, 0.6) is 5.75 Å². The number of benzene rings is 2. The number of ether oxygens (including phenoxy) is 1. The third-order valence-corrected chi connectivity index (χ3v) is 3.72. The van der Waals surface area contributed by atoms with Crippen LogP contribution in [0.2, 0.25) is 0 Å². The van der Waals surface area contributed by atoms with E-state index < -0.39 is 24.3 Å². The summed E-state index contributed by atoms with van der Waals surface area (Å²) in [4.78, 5) is 29.8. The monoisotopic (exact) mass is 553 g/mol. The number of aliphatic carboxylic acids is 2. The van der Waals surface area contributed by atoms with Crippen molar-refractivity contribution in [3.05, 3.63) is 65.2 Å². The van der Waals surface area contributed by atoms with Crippen LogP contribution in [0.3, 0.4) is 0 Å². The molecule has 0 bridgehead atoms. The molecule has 0 radical (unpaired) electrons. The zero-order chi connectivity index (χ0) is 29.7. The number of carbonyl (C=O) groups excluding carboxylic acids is 1. The van der Waals surface area contributed by atoms with Crippen molar-refractivity contribution in [3.63, 3.8) is 0 Å². The lowest BCUT2D eigenvalue weighted by Crippen LogP contribution is -2.28. The largest absolute Gasteiger partial charge is 0.492 e. The Balaban J connectivity index is 0.000000804. The summed E-state index contributed by atoms with van der Waals surface area (Å²) < 4.78 is 69.0. The topological polar surface area (TPSA) is 213 Å². The van der Waals surface area contributed by atoms with Crippen LogP contribution in [0.4, 0.5) is 26.3 Å². The average molecular weight is 553 g/mol. The molecule has 0 unspecified atom stereocenters. The van der Waals surface area contributed by atoms with Crippen LogP contribution in [0.25, 0.3) is 0 Å². The molecule has 2 aromatic rings. The number of carboxylic acids is 2. The van der Waals surface area contributed by atoms with Gasteiger partial charge in [0.25, 0.3) is 5.91 Å². The summed E-state index contributed by atoms with van der Waals surface area (Å²) in [7, 11) is 0. The maximum atomic E-state index is 12.1. The first-order valence-corrected chi connectivity index (χ1v) is 9.76. The van der Waals surface area contributed by atoms with Crippen LogP contribution < -0.4 is 21.5 Å². The van der Waals surface area contributed by atoms with E-state index in [4.69, 9.17) is 46.8 Å². The Kier molecular flexibility index (Phi) is 12.8. The first-order chi connectivity index (χ1) is 17.4. The molecule has 0 heterocycles. The highest BCUT2D eigenvalue weighted by molar-refractivity contribution is 6.00. The fourth-order valence-corrected chi connectivity index (χ4v) is 2.02. The Morgan fingerprint density at radius 1 is 0.789 bits per heavy atom. The Hall–Kier alpha value is -4.83. The highest BCUT2D eigenvalue weighted by Crippen LogP contribution is 2.14. The van der Waals surface area contributed by atoms with E-state index >= 15 is 0 Å². The molecule has 0 saturated heterocycles. The van der Waals surface area contributed by atoms with Gasteiger partial charge in [-0.05, 0) is 24.3 Å². The number of amides is 1. The Morgan fingerprint density at radius 2 is 1.18 bits per heavy atom. The van der Waals surface area contributed by atoms with Crippen molar-refractivity contribution in [3.8, 4) is 5.75 Å². The van der Waals surface area contributed by atoms with E-state index in [1.54, 1.807) is 48.5 Å². The fraction of sp³-hybridized carbons (Fsp3) is 0.190. The van der Waals surface area contributed by atoms with E-state index in [0.29, 0.717) is 29.0 Å². The van der Waals surface area contributed by atoms with Crippen LogP contribution in [-0.4, -0.2) is 65.2 Å². The molecular weight excluding hydrogens is 532 g/mol. The van der Waals surface area contributed by atoms with Gasteiger partial charge in [-0.3, -0.25) is 15.6 Å². The highest BCUT2D eigenvalue weighted by atomic mass is 19.4. The summed E-state index contributed by atoms with van der Waals surface area (Å²) in [5, 5.41) is 31.8. The Bertz CT molecular complexity index is 1130. The number of nitrogens with two attached hydrogens (primary N) is 2. The van der Waals surface area contributed by atoms with Crippen LogP contribution in [0, 0.1) is 10.8 Å². The third kappa shape index (κ3) is 13.3. The van der Waals surface area contributed by atoms with Crippen LogP contribution in [0.1, 0.15) is 21.5 Å². The number of hydrogen-bond donors (Lipinski definition) is 7. The zero-order valence-corrected chi connectivity index (χ0v) is 19.0. The van der Waals surface area contributed by atoms with E-state index in [2.05, 4.69) is 5.32 Å². The second-order valence-electron chi connectivity index (χ2n) is 6.65. The molecule has 1 amide bonds. The maximum absolute atomic E-state index is 12.1. The standard InChI is InChI=1S/C17H19N5O2.2C2HF3O2/c18-15(19)11-3-1-5-13(9-11)17(23)22-7-8-24-14-6-2-4-12(10-14)16(20)21;2*3-2(4,5)1(6)7/h1-6,9-10H,7-8H2,(H3,18,19)(H3,20,21)(H,22,23);2*(H,6,7). The molecule has 0 saturated carbocycles. The summed E-state index contributed by atoms with van der Waals surface area (Å²) in [5.41, 5.74) is 12.3. The molecule has 0 aliphatic carbocycles. The molecule has 17 heteroatoms. The van der Waals surface area contributed by atoms with Gasteiger partial charge in [-0.2, -0.15) is 26.3 Å². The van der Waals surface area contributed by atoms with Gasteiger partial charge >= 0.3 is 24.3 Å². The predicted molar refractivity (Wildman–Crippen MR) is 120 cm³/mol. The molecule has 2 aromatic carbocycles. The molecule has 0 atom stereocenters. The van der Waals surface area contributed by atoms with E-state index in [9.17, 15) is 31.1 Å². The number of hydrogen-bond acceptors (Lipinski definition) is 6. The van der Waals surface area contributed by atoms with Gasteiger partial charge in [0.15, 0.2) is 0 Å². The van der Waals surface area contributed by atoms with Gasteiger partial charge in [0.1, 0.15) is 24.0 Å². The fourth-order valence-electron chi connectivity index (χ4n) is 2.02. The van der Waals surface area contributed by atoms with Gasteiger partial charge in [-0.25, -0.2) is 9.59 Å². The second-order valence-corrected chi connectivity index (χ2v) is 6.65. The number of carbonyl (C=O) groups is 3. The molecule has 0 fully saturated rings. The van der Waals surface area contributed by atoms with Crippen molar-refractivity contribution in [1.29, 1.82) is 10.8 Å². The average Bonchev–Trinajstić information content (AvgIpc) is 2.81. The SMILES string of the molecule is N=C(N)c1cccc(OCCNC(=O)c2cccc(C(=N)N)c2)c1.O=C(O)C(F)(F)F.O=C(O)C(F)(F)F. The summed E-state index contributed by atoms with van der Waals surface area (Å²) in [6.07, 6.45) is -10.2. The Morgan fingerprint density at radius 3 is 1.61 bits per heavy atom. The molecular formula is C21H21F6N5O6. The molecule has 11 nitrogen and oxygen atoms in total. The van der Waals surface area contributed by atoms with Gasteiger partial charge < -0.3 is 31.7 Å². The Labute approximate surface area is 210 Å². The van der Waals surface area contributed by atoms with Gasteiger partial charge in [-0.15, -0.1) is 0 Å². The first kappa shape index (κ1) is 33.2. The number of nitrogen functional groups attached to an aromatic ring is 2. The summed E-state index contributed by atoms with van der Waals surface area (Å²) >= 11 is 0. The highest BCUT2D eigenvalue weighted by Gasteiger charge is 2.38. The molecule has 0 aliphatic heterocycles. The number of alkyl halides is 6. The van der Waals surface area contributed by atoms with E-state index in [-0.39, 0.29) is 24.2 Å². The molecule has 0 aromatic heterocycles. The third-order valence-electron chi connectivity index (χ3n) is 3.72. The number of amidine groups is 2. The minimum absolute atomic E-state index is 0.0286. The van der Waals surface area contributed by atoms with Crippen LogP contribution >= 0.6 is 0 Å². The van der Waals surface area contributed by atoms with Crippen LogP contribution in [-0.2, 0) is 9.59 Å². The van der Waals surface area contributed by atoms with Crippen LogP contribution in [0.15, 0.2) is 48.5 Å². The number of nitrogens with one attached hydrogen (secondary N) is 3. The minimum Gasteiger partial charge on any atom is -0.492 e. The van der Waals surface area contributed by atoms with E-state index in [1.807, 2.05) is 0 Å². The molecule has 0 aliphatic rings. The molecule has 38 heavy (non-hydrogen) atoms. The predicted octanol–water partition coefficient (Wildman–Crippen LogP) is 2.33. The number of carboxylic acid groups (broad SMARTS) is 2. The van der Waals surface area contributed by atoms with Crippen molar-refractivity contribution in [2.45, 2.75) is 12.4 Å². The van der Waals surface area contributed by atoms with Gasteiger partial charge in [0.2, 0.25) is 0 Å². The molecule has 0 spiro atoms. The number of rotatable bonds is 7. The maximum Gasteiger partial charge on any atom is 0.490 e. The van der Waals surface area contributed by atoms with Gasteiger partial charge in [0.05, 0.1) is 6.54 Å². The smallest absolute Gasteiger partial charge is 0.490 e. The normalized spacial score (nSPS) is 10.5. The summed E-state index contributed by atoms with van der Waals surface area (Å²) in [6, 6.07) is 13.5. The lowest BCUT2D eigenvalue weighted by molar-refractivity contribution is -0.193. The lowest BCUT2D eigenvalue weighted by atomic mass is 10.1. The lowest BCUT2D eigenvalue weighted by Gasteiger charge is -2.09. The zero-order valence-electron chi connectivity index (χ0n) is 19.0. The first-order valence-electron chi connectivity index (χ1n) is 9.76.